The highest BCUT2D eigenvalue weighted by Crippen LogP contribution is 2.46. The monoisotopic (exact) mass is 343 g/mol. The highest BCUT2D eigenvalue weighted by Gasteiger charge is 2.40. The number of nitrogens with zero attached hydrogens (tertiary/aromatic N) is 2. The third-order valence-corrected chi connectivity index (χ3v) is 4.95. The number of carbonyl (C=O) groups excluding carboxylic acids is 1. The summed E-state index contributed by atoms with van der Waals surface area (Å²) in [6.45, 7) is 0. The molecule has 26 heavy (non-hydrogen) atoms. The maximum Gasteiger partial charge on any atom is 0.205 e. The van der Waals surface area contributed by atoms with Crippen LogP contribution in [0.3, 0.4) is 0 Å². The van der Waals surface area contributed by atoms with Crippen LogP contribution in [0, 0.1) is 11.3 Å². The highest BCUT2D eigenvalue weighted by molar-refractivity contribution is 6.00. The fourth-order valence-corrected chi connectivity index (χ4v) is 3.75. The molecule has 1 aliphatic heterocycles. The van der Waals surface area contributed by atoms with Crippen molar-refractivity contribution in [1.29, 1.82) is 5.26 Å². The Morgan fingerprint density at radius 3 is 2.58 bits per heavy atom. The second-order valence-electron chi connectivity index (χ2n) is 6.49. The Kier molecular flexibility index (Phi) is 4.02. The molecule has 128 valence electrons. The number of nitrogens with two attached hydrogens (primary N) is 1. The number of ether oxygens (including phenoxy) is 1. The van der Waals surface area contributed by atoms with Gasteiger partial charge >= 0.3 is 0 Å². The summed E-state index contributed by atoms with van der Waals surface area (Å²) in [5.74, 6) is 0.173. The van der Waals surface area contributed by atoms with Crippen LogP contribution in [-0.2, 0) is 9.53 Å². The highest BCUT2D eigenvalue weighted by atomic mass is 16.5. The standard InChI is InChI=1S/C21H17N3O2/c22-11-16-19(14-7-4-8-24-12-14)20-17(25)9-15(10-18(20)26-21(16)23)13-5-2-1-3-6-13/h1-8,12,15,19H,9-10,23H2/t15-,19-/m0/s1. The van der Waals surface area contributed by atoms with E-state index in [-0.39, 0.29) is 23.2 Å². The van der Waals surface area contributed by atoms with E-state index in [1.54, 1.807) is 18.5 Å². The molecule has 0 bridgehead atoms. The molecule has 0 saturated heterocycles. The summed E-state index contributed by atoms with van der Waals surface area (Å²) in [6.07, 6.45) is 4.30. The third kappa shape index (κ3) is 2.66. The maximum atomic E-state index is 13.0. The van der Waals surface area contributed by atoms with E-state index in [0.717, 1.165) is 11.1 Å². The van der Waals surface area contributed by atoms with Crippen LogP contribution in [0.1, 0.15) is 35.8 Å². The molecule has 0 spiro atoms. The number of ketones is 1. The topological polar surface area (TPSA) is 89.0 Å². The number of benzene rings is 1. The van der Waals surface area contributed by atoms with Gasteiger partial charge in [0, 0.05) is 30.8 Å². The number of aromatic nitrogens is 1. The molecule has 2 aromatic rings. The van der Waals surface area contributed by atoms with Gasteiger partial charge in [0.25, 0.3) is 0 Å². The zero-order valence-electron chi connectivity index (χ0n) is 14.1. The van der Waals surface area contributed by atoms with Crippen LogP contribution in [0.4, 0.5) is 0 Å². The lowest BCUT2D eigenvalue weighted by atomic mass is 9.74. The zero-order valence-corrected chi connectivity index (χ0v) is 14.1. The molecular weight excluding hydrogens is 326 g/mol. The molecule has 2 N–H and O–H groups in total. The molecule has 2 heterocycles. The Morgan fingerprint density at radius 2 is 1.88 bits per heavy atom. The molecule has 0 saturated carbocycles. The molecule has 2 aliphatic rings. The first-order valence-corrected chi connectivity index (χ1v) is 8.47. The molecule has 2 atom stereocenters. The number of rotatable bonds is 2. The fourth-order valence-electron chi connectivity index (χ4n) is 3.75. The van der Waals surface area contributed by atoms with Crippen molar-refractivity contribution in [1.82, 2.24) is 4.98 Å². The first-order chi connectivity index (χ1) is 12.7. The SMILES string of the molecule is N#CC1=C(N)OC2=C(C(=O)C[C@H](c3ccccc3)C2)[C@H]1c1cccnc1. The lowest BCUT2D eigenvalue weighted by Crippen LogP contribution is -2.29. The van der Waals surface area contributed by atoms with Gasteiger partial charge in [-0.1, -0.05) is 36.4 Å². The molecule has 5 heteroatoms. The predicted octanol–water partition coefficient (Wildman–Crippen LogP) is 3.29. The van der Waals surface area contributed by atoms with Gasteiger partial charge in [-0.15, -0.1) is 0 Å². The second kappa shape index (κ2) is 6.49. The molecule has 0 fully saturated rings. The number of pyridine rings is 1. The first-order valence-electron chi connectivity index (χ1n) is 8.47. The van der Waals surface area contributed by atoms with E-state index in [1.807, 2.05) is 36.4 Å². The minimum Gasteiger partial charge on any atom is -0.444 e. The minimum absolute atomic E-state index is 0.00536. The molecule has 5 nitrogen and oxygen atoms in total. The molecule has 1 aromatic heterocycles. The van der Waals surface area contributed by atoms with Gasteiger partial charge in [0.05, 0.1) is 5.92 Å². The molecule has 0 unspecified atom stereocenters. The van der Waals surface area contributed by atoms with Gasteiger partial charge < -0.3 is 10.5 Å². The summed E-state index contributed by atoms with van der Waals surface area (Å²) >= 11 is 0. The van der Waals surface area contributed by atoms with E-state index in [9.17, 15) is 10.1 Å². The normalized spacial score (nSPS) is 22.5. The average Bonchev–Trinajstić information content (AvgIpc) is 2.68. The van der Waals surface area contributed by atoms with E-state index < -0.39 is 5.92 Å². The molecule has 0 amide bonds. The van der Waals surface area contributed by atoms with Crippen LogP contribution in [-0.4, -0.2) is 10.8 Å². The third-order valence-electron chi connectivity index (χ3n) is 4.95. The zero-order chi connectivity index (χ0) is 18.1. The number of allylic oxidation sites excluding steroid dienone is 3. The number of nitriles is 1. The number of hydrogen-bond donors (Lipinski definition) is 1. The van der Waals surface area contributed by atoms with Gasteiger partial charge in [-0.3, -0.25) is 9.78 Å². The van der Waals surface area contributed by atoms with Crippen molar-refractivity contribution in [2.24, 2.45) is 5.73 Å². The Morgan fingerprint density at radius 1 is 1.12 bits per heavy atom. The summed E-state index contributed by atoms with van der Waals surface area (Å²) in [6, 6.07) is 15.7. The smallest absolute Gasteiger partial charge is 0.205 e. The second-order valence-corrected chi connectivity index (χ2v) is 6.49. The maximum absolute atomic E-state index is 13.0. The van der Waals surface area contributed by atoms with E-state index in [0.29, 0.717) is 24.2 Å². The van der Waals surface area contributed by atoms with E-state index in [4.69, 9.17) is 10.5 Å². The molecule has 0 radical (unpaired) electrons. The van der Waals surface area contributed by atoms with Crippen LogP contribution in [0.5, 0.6) is 0 Å². The van der Waals surface area contributed by atoms with Crippen molar-refractivity contribution in [3.63, 3.8) is 0 Å². The molecule has 1 aromatic carbocycles. The minimum atomic E-state index is -0.512. The van der Waals surface area contributed by atoms with Crippen molar-refractivity contribution in [2.75, 3.05) is 0 Å². The van der Waals surface area contributed by atoms with Gasteiger partial charge in [0.1, 0.15) is 17.4 Å². The van der Waals surface area contributed by atoms with Crippen LogP contribution < -0.4 is 5.73 Å². The molecule has 4 rings (SSSR count). The average molecular weight is 343 g/mol. The summed E-state index contributed by atoms with van der Waals surface area (Å²) in [5.41, 5.74) is 8.70. The number of carbonyl (C=O) groups is 1. The lowest BCUT2D eigenvalue weighted by Gasteiger charge is -2.33. The van der Waals surface area contributed by atoms with Crippen molar-refractivity contribution < 1.29 is 9.53 Å². The van der Waals surface area contributed by atoms with Crippen molar-refractivity contribution >= 4 is 5.78 Å². The Balaban J connectivity index is 1.79. The largest absolute Gasteiger partial charge is 0.444 e. The van der Waals surface area contributed by atoms with Gasteiger partial charge in [0.15, 0.2) is 5.78 Å². The van der Waals surface area contributed by atoms with Crippen LogP contribution in [0.2, 0.25) is 0 Å². The lowest BCUT2D eigenvalue weighted by molar-refractivity contribution is -0.117. The fraction of sp³-hybridized carbons (Fsp3) is 0.190. The van der Waals surface area contributed by atoms with Crippen molar-refractivity contribution in [3.05, 3.63) is 88.8 Å². The Bertz CT molecular complexity index is 956. The van der Waals surface area contributed by atoms with E-state index in [2.05, 4.69) is 11.1 Å². The van der Waals surface area contributed by atoms with Crippen LogP contribution in [0.15, 0.2) is 77.6 Å². The number of hydrogen-bond acceptors (Lipinski definition) is 5. The first kappa shape index (κ1) is 16.1. The van der Waals surface area contributed by atoms with Gasteiger partial charge in [0.2, 0.25) is 5.88 Å². The number of Topliss-reactive ketones (excluding diaryl/α,β-unsaturated/α-hetero) is 1. The Labute approximate surface area is 151 Å². The Hall–Kier alpha value is -3.39. The quantitative estimate of drug-likeness (QED) is 0.904. The van der Waals surface area contributed by atoms with Crippen LogP contribution >= 0.6 is 0 Å². The van der Waals surface area contributed by atoms with Gasteiger partial charge in [-0.05, 0) is 23.1 Å². The summed E-state index contributed by atoms with van der Waals surface area (Å²) < 4.78 is 5.74. The molecule has 1 aliphatic carbocycles. The summed E-state index contributed by atoms with van der Waals surface area (Å²) in [5, 5.41) is 9.58. The molecular formula is C21H17N3O2. The summed E-state index contributed by atoms with van der Waals surface area (Å²) in [7, 11) is 0. The van der Waals surface area contributed by atoms with E-state index >= 15 is 0 Å². The van der Waals surface area contributed by atoms with Gasteiger partial charge in [-0.2, -0.15) is 5.26 Å². The van der Waals surface area contributed by atoms with Crippen LogP contribution in [0.25, 0.3) is 0 Å². The van der Waals surface area contributed by atoms with Crippen molar-refractivity contribution in [2.45, 2.75) is 24.7 Å². The predicted molar refractivity (Wildman–Crippen MR) is 95.3 cm³/mol. The van der Waals surface area contributed by atoms with Gasteiger partial charge in [-0.25, -0.2) is 0 Å². The van der Waals surface area contributed by atoms with E-state index in [1.165, 1.54) is 0 Å². The van der Waals surface area contributed by atoms with Crippen molar-refractivity contribution in [3.8, 4) is 6.07 Å². The summed E-state index contributed by atoms with van der Waals surface area (Å²) in [4.78, 5) is 17.2.